The Balaban J connectivity index is 2.38. The lowest BCUT2D eigenvalue weighted by Crippen LogP contribution is -2.48. The summed E-state index contributed by atoms with van der Waals surface area (Å²) in [5.41, 5.74) is 2.08. The van der Waals surface area contributed by atoms with Crippen molar-refractivity contribution in [2.75, 3.05) is 13.1 Å². The summed E-state index contributed by atoms with van der Waals surface area (Å²) >= 11 is 0. The molecule has 2 N–H and O–H groups in total. The van der Waals surface area contributed by atoms with E-state index < -0.39 is 17.2 Å². The Kier molecular flexibility index (Phi) is 4.79. The van der Waals surface area contributed by atoms with Crippen molar-refractivity contribution >= 4 is 12.0 Å². The Morgan fingerprint density at radius 2 is 2.00 bits per heavy atom. The fraction of sp³-hybridized carbons (Fsp3) is 0.846. The zero-order valence-corrected chi connectivity index (χ0v) is 12.5. The zero-order valence-electron chi connectivity index (χ0n) is 12.5. The van der Waals surface area contributed by atoms with E-state index in [4.69, 9.17) is 4.74 Å². The summed E-state index contributed by atoms with van der Waals surface area (Å²) in [5, 5.41) is 4.43. The van der Waals surface area contributed by atoms with Crippen LogP contribution in [0.1, 0.15) is 47.5 Å². The Morgan fingerprint density at radius 1 is 1.37 bits per heavy atom. The van der Waals surface area contributed by atoms with Gasteiger partial charge in [0.1, 0.15) is 5.60 Å². The molecular formula is C13H25N3O3. The summed E-state index contributed by atoms with van der Waals surface area (Å²) < 4.78 is 5.22. The van der Waals surface area contributed by atoms with Crippen LogP contribution in [-0.2, 0) is 9.53 Å². The summed E-state index contributed by atoms with van der Waals surface area (Å²) in [5.74, 6) is 0.105. The third-order valence-electron chi connectivity index (χ3n) is 2.74. The summed E-state index contributed by atoms with van der Waals surface area (Å²) in [4.78, 5) is 23.2. The molecule has 6 heteroatoms. The maximum Gasteiger partial charge on any atom is 0.408 e. The average Bonchev–Trinajstić information content (AvgIpc) is 2.57. The van der Waals surface area contributed by atoms with Gasteiger partial charge in [-0.25, -0.2) is 10.2 Å². The number of carbonyl (C=O) groups is 2. The number of alkyl carbamates (subject to hydrolysis) is 1. The molecule has 0 radical (unpaired) electrons. The first-order valence-electron chi connectivity index (χ1n) is 6.64. The smallest absolute Gasteiger partial charge is 0.408 e. The summed E-state index contributed by atoms with van der Waals surface area (Å²) in [6.45, 7) is 10.6. The van der Waals surface area contributed by atoms with E-state index in [9.17, 15) is 9.59 Å². The SMILES string of the molecule is CC(C)(CCN1NCCC1=O)NC(=O)OC(C)(C)C. The highest BCUT2D eigenvalue weighted by molar-refractivity contribution is 5.77. The van der Waals surface area contributed by atoms with Gasteiger partial charge in [-0.3, -0.25) is 9.80 Å². The van der Waals surface area contributed by atoms with Crippen molar-refractivity contribution < 1.29 is 14.3 Å². The molecule has 1 rings (SSSR count). The molecule has 1 aliphatic heterocycles. The molecule has 1 saturated heterocycles. The highest BCUT2D eigenvalue weighted by atomic mass is 16.6. The first-order valence-corrected chi connectivity index (χ1v) is 6.64. The molecule has 1 fully saturated rings. The molecule has 110 valence electrons. The van der Waals surface area contributed by atoms with Crippen LogP contribution in [0.25, 0.3) is 0 Å². The lowest BCUT2D eigenvalue weighted by molar-refractivity contribution is -0.129. The molecule has 19 heavy (non-hydrogen) atoms. The second-order valence-corrected chi connectivity index (χ2v) is 6.46. The van der Waals surface area contributed by atoms with Crippen molar-refractivity contribution in [3.05, 3.63) is 0 Å². The number of hydrogen-bond acceptors (Lipinski definition) is 4. The Labute approximate surface area is 114 Å². The monoisotopic (exact) mass is 271 g/mol. The van der Waals surface area contributed by atoms with Crippen LogP contribution in [0.2, 0.25) is 0 Å². The molecule has 0 aromatic carbocycles. The molecule has 2 amide bonds. The van der Waals surface area contributed by atoms with E-state index >= 15 is 0 Å². The molecule has 0 aliphatic carbocycles. The van der Waals surface area contributed by atoms with Gasteiger partial charge in [-0.2, -0.15) is 0 Å². The minimum absolute atomic E-state index is 0.105. The minimum atomic E-state index is -0.507. The Bertz CT molecular complexity index is 348. The molecular weight excluding hydrogens is 246 g/mol. The fourth-order valence-electron chi connectivity index (χ4n) is 1.76. The highest BCUT2D eigenvalue weighted by Gasteiger charge is 2.27. The molecule has 1 aliphatic rings. The standard InChI is InChI=1S/C13H25N3O3/c1-12(2,3)19-11(18)15-13(4,5)7-9-16-10(17)6-8-14-16/h14H,6-9H2,1-5H3,(H,15,18). The number of nitrogens with one attached hydrogen (secondary N) is 2. The molecule has 0 saturated carbocycles. The molecule has 0 aromatic heterocycles. The fourth-order valence-corrected chi connectivity index (χ4v) is 1.76. The third-order valence-corrected chi connectivity index (χ3v) is 2.74. The lowest BCUT2D eigenvalue weighted by Gasteiger charge is -2.30. The van der Waals surface area contributed by atoms with Gasteiger partial charge in [-0.05, 0) is 41.0 Å². The van der Waals surface area contributed by atoms with Crippen molar-refractivity contribution in [1.29, 1.82) is 0 Å². The summed E-state index contributed by atoms with van der Waals surface area (Å²) in [6, 6.07) is 0. The normalized spacial score (nSPS) is 16.7. The highest BCUT2D eigenvalue weighted by Crippen LogP contribution is 2.13. The van der Waals surface area contributed by atoms with E-state index in [-0.39, 0.29) is 5.91 Å². The number of nitrogens with zero attached hydrogens (tertiary/aromatic N) is 1. The number of amides is 2. The van der Waals surface area contributed by atoms with Crippen LogP contribution in [0.15, 0.2) is 0 Å². The van der Waals surface area contributed by atoms with E-state index in [1.54, 1.807) is 5.01 Å². The van der Waals surface area contributed by atoms with E-state index in [2.05, 4.69) is 10.7 Å². The van der Waals surface area contributed by atoms with Crippen LogP contribution >= 0.6 is 0 Å². The number of hydrazine groups is 1. The molecule has 0 aromatic rings. The molecule has 0 atom stereocenters. The van der Waals surface area contributed by atoms with Gasteiger partial charge in [0, 0.05) is 25.0 Å². The largest absolute Gasteiger partial charge is 0.444 e. The second-order valence-electron chi connectivity index (χ2n) is 6.46. The van der Waals surface area contributed by atoms with Gasteiger partial charge in [0.15, 0.2) is 0 Å². The van der Waals surface area contributed by atoms with Crippen LogP contribution in [0.4, 0.5) is 4.79 Å². The first kappa shape index (κ1) is 15.8. The van der Waals surface area contributed by atoms with Crippen molar-refractivity contribution in [2.45, 2.75) is 58.6 Å². The maximum atomic E-state index is 11.7. The lowest BCUT2D eigenvalue weighted by atomic mass is 10.0. The van der Waals surface area contributed by atoms with Crippen LogP contribution < -0.4 is 10.7 Å². The predicted octanol–water partition coefficient (Wildman–Crippen LogP) is 1.42. The van der Waals surface area contributed by atoms with Gasteiger partial charge in [0.25, 0.3) is 0 Å². The van der Waals surface area contributed by atoms with E-state index in [0.29, 0.717) is 25.9 Å². The number of rotatable bonds is 4. The van der Waals surface area contributed by atoms with Gasteiger partial charge < -0.3 is 10.1 Å². The average molecular weight is 271 g/mol. The van der Waals surface area contributed by atoms with Crippen molar-refractivity contribution in [3.8, 4) is 0 Å². The second kappa shape index (κ2) is 5.77. The number of hydrogen-bond donors (Lipinski definition) is 2. The van der Waals surface area contributed by atoms with Gasteiger partial charge in [0.05, 0.1) is 0 Å². The van der Waals surface area contributed by atoms with E-state index in [0.717, 1.165) is 0 Å². The molecule has 6 nitrogen and oxygen atoms in total. The maximum absolute atomic E-state index is 11.7. The molecule has 0 unspecified atom stereocenters. The quantitative estimate of drug-likeness (QED) is 0.811. The minimum Gasteiger partial charge on any atom is -0.444 e. The Morgan fingerprint density at radius 3 is 2.47 bits per heavy atom. The van der Waals surface area contributed by atoms with E-state index in [1.165, 1.54) is 0 Å². The zero-order chi connectivity index (χ0) is 14.7. The Hall–Kier alpha value is -1.30. The summed E-state index contributed by atoms with van der Waals surface area (Å²) in [7, 11) is 0. The van der Waals surface area contributed by atoms with Crippen LogP contribution in [0.3, 0.4) is 0 Å². The van der Waals surface area contributed by atoms with Gasteiger partial charge in [0.2, 0.25) is 5.91 Å². The van der Waals surface area contributed by atoms with E-state index in [1.807, 2.05) is 34.6 Å². The third kappa shape index (κ3) is 5.92. The molecule has 1 heterocycles. The van der Waals surface area contributed by atoms with Crippen LogP contribution in [0, 0.1) is 0 Å². The number of ether oxygens (including phenoxy) is 1. The van der Waals surface area contributed by atoms with Crippen molar-refractivity contribution in [3.63, 3.8) is 0 Å². The van der Waals surface area contributed by atoms with Gasteiger partial charge in [-0.1, -0.05) is 0 Å². The van der Waals surface area contributed by atoms with Crippen LogP contribution in [0.5, 0.6) is 0 Å². The van der Waals surface area contributed by atoms with Gasteiger partial charge in [-0.15, -0.1) is 0 Å². The van der Waals surface area contributed by atoms with Crippen molar-refractivity contribution in [1.82, 2.24) is 15.8 Å². The predicted molar refractivity (Wildman–Crippen MR) is 72.4 cm³/mol. The van der Waals surface area contributed by atoms with Crippen molar-refractivity contribution in [2.24, 2.45) is 0 Å². The topological polar surface area (TPSA) is 70.7 Å². The molecule has 0 bridgehead atoms. The van der Waals surface area contributed by atoms with Crippen LogP contribution in [-0.4, -0.2) is 41.2 Å². The number of carbonyl (C=O) groups excluding carboxylic acids is 2. The van der Waals surface area contributed by atoms with Gasteiger partial charge >= 0.3 is 6.09 Å². The summed E-state index contributed by atoms with van der Waals surface area (Å²) in [6.07, 6.45) is 0.767. The molecule has 0 spiro atoms. The first-order chi connectivity index (χ1) is 8.59.